The fraction of sp³-hybridized carbons (Fsp3) is 0.333. The molecule has 0 aliphatic carbocycles. The zero-order valence-electron chi connectivity index (χ0n) is 9.78. The van der Waals surface area contributed by atoms with Gasteiger partial charge in [0.25, 0.3) is 0 Å². The van der Waals surface area contributed by atoms with Gasteiger partial charge in [0.2, 0.25) is 0 Å². The second-order valence-electron chi connectivity index (χ2n) is 4.18. The van der Waals surface area contributed by atoms with Gasteiger partial charge in [-0.15, -0.1) is 0 Å². The van der Waals surface area contributed by atoms with Crippen LogP contribution in [0.3, 0.4) is 0 Å². The van der Waals surface area contributed by atoms with E-state index in [4.69, 9.17) is 18.0 Å². The number of hydrogen-bond acceptors (Lipinski definition) is 2. The third kappa shape index (κ3) is 3.00. The molecule has 0 bridgehead atoms. The molecule has 2 rings (SSSR count). The minimum Gasteiger partial charge on any atom is -0.389 e. The van der Waals surface area contributed by atoms with Gasteiger partial charge in [0.15, 0.2) is 0 Å². The standard InChI is InChI=1S/C12H14BrN3OS/c13-9-7-8(11(14)18)3-4-10(9)15-12(17)16-5-1-2-6-16/h3-4,7H,1-2,5-6H2,(H2,14,18)(H,15,17). The van der Waals surface area contributed by atoms with E-state index in [0.29, 0.717) is 4.99 Å². The summed E-state index contributed by atoms with van der Waals surface area (Å²) in [5, 5.41) is 2.87. The Bertz CT molecular complexity index is 486. The second-order valence-corrected chi connectivity index (χ2v) is 5.48. The molecule has 0 unspecified atom stereocenters. The molecule has 6 heteroatoms. The number of carbonyl (C=O) groups excluding carboxylic acids is 1. The first-order valence-corrected chi connectivity index (χ1v) is 6.93. The molecule has 1 aromatic rings. The van der Waals surface area contributed by atoms with Crippen molar-refractivity contribution >= 4 is 44.9 Å². The van der Waals surface area contributed by atoms with Gasteiger partial charge in [-0.3, -0.25) is 0 Å². The van der Waals surface area contributed by atoms with Crippen molar-refractivity contribution in [1.82, 2.24) is 4.90 Å². The third-order valence-electron chi connectivity index (χ3n) is 2.89. The summed E-state index contributed by atoms with van der Waals surface area (Å²) < 4.78 is 0.778. The summed E-state index contributed by atoms with van der Waals surface area (Å²) in [4.78, 5) is 14.1. The highest BCUT2D eigenvalue weighted by Crippen LogP contribution is 2.24. The lowest BCUT2D eigenvalue weighted by Crippen LogP contribution is -2.32. The van der Waals surface area contributed by atoms with Gasteiger partial charge < -0.3 is 16.0 Å². The number of urea groups is 1. The molecular formula is C12H14BrN3OS. The first-order chi connectivity index (χ1) is 8.58. The van der Waals surface area contributed by atoms with E-state index in [1.807, 2.05) is 11.0 Å². The number of carbonyl (C=O) groups is 1. The maximum absolute atomic E-state index is 11.9. The number of anilines is 1. The van der Waals surface area contributed by atoms with Crippen LogP contribution in [-0.2, 0) is 0 Å². The van der Waals surface area contributed by atoms with Crippen LogP contribution in [0, 0.1) is 0 Å². The molecule has 0 radical (unpaired) electrons. The van der Waals surface area contributed by atoms with Gasteiger partial charge >= 0.3 is 6.03 Å². The number of thiocarbonyl (C=S) groups is 1. The molecule has 18 heavy (non-hydrogen) atoms. The van der Waals surface area contributed by atoms with Crippen molar-refractivity contribution in [3.8, 4) is 0 Å². The molecule has 1 fully saturated rings. The monoisotopic (exact) mass is 327 g/mol. The van der Waals surface area contributed by atoms with Crippen molar-refractivity contribution in [3.63, 3.8) is 0 Å². The molecule has 1 saturated heterocycles. The predicted octanol–water partition coefficient (Wildman–Crippen LogP) is 2.71. The van der Waals surface area contributed by atoms with Gasteiger partial charge in [-0.25, -0.2) is 4.79 Å². The summed E-state index contributed by atoms with van der Waals surface area (Å²) >= 11 is 8.31. The Morgan fingerprint density at radius 1 is 1.39 bits per heavy atom. The second kappa shape index (κ2) is 5.67. The number of hydrogen-bond donors (Lipinski definition) is 2. The molecule has 3 N–H and O–H groups in total. The molecule has 1 aromatic carbocycles. The summed E-state index contributed by atoms with van der Waals surface area (Å²) in [6.07, 6.45) is 2.16. The zero-order valence-corrected chi connectivity index (χ0v) is 12.2. The Balaban J connectivity index is 2.09. The summed E-state index contributed by atoms with van der Waals surface area (Å²) in [6, 6.07) is 5.34. The Morgan fingerprint density at radius 2 is 2.06 bits per heavy atom. The predicted molar refractivity (Wildman–Crippen MR) is 79.9 cm³/mol. The Morgan fingerprint density at radius 3 is 2.61 bits per heavy atom. The molecule has 0 atom stereocenters. The van der Waals surface area contributed by atoms with Crippen LogP contribution >= 0.6 is 28.1 Å². The molecule has 0 saturated carbocycles. The van der Waals surface area contributed by atoms with Crippen LogP contribution in [0.2, 0.25) is 0 Å². The van der Waals surface area contributed by atoms with Crippen molar-refractivity contribution in [2.45, 2.75) is 12.8 Å². The lowest BCUT2D eigenvalue weighted by molar-refractivity contribution is 0.222. The average Bonchev–Trinajstić information content (AvgIpc) is 2.85. The first-order valence-electron chi connectivity index (χ1n) is 5.73. The molecule has 1 aliphatic heterocycles. The van der Waals surface area contributed by atoms with E-state index in [1.165, 1.54) is 0 Å². The van der Waals surface area contributed by atoms with Gasteiger partial charge in [0.05, 0.1) is 5.69 Å². The minimum absolute atomic E-state index is 0.0590. The Labute approximate surface area is 120 Å². The number of nitrogens with two attached hydrogens (primary N) is 1. The van der Waals surface area contributed by atoms with E-state index in [2.05, 4.69) is 21.2 Å². The number of likely N-dealkylation sites (tertiary alicyclic amines) is 1. The maximum Gasteiger partial charge on any atom is 0.321 e. The van der Waals surface area contributed by atoms with E-state index in [-0.39, 0.29) is 6.03 Å². The fourth-order valence-corrected chi connectivity index (χ4v) is 2.49. The van der Waals surface area contributed by atoms with E-state index in [1.54, 1.807) is 12.1 Å². The average molecular weight is 328 g/mol. The van der Waals surface area contributed by atoms with Crippen LogP contribution in [0.25, 0.3) is 0 Å². The highest BCUT2D eigenvalue weighted by molar-refractivity contribution is 9.10. The number of halogens is 1. The van der Waals surface area contributed by atoms with Crippen LogP contribution in [-0.4, -0.2) is 29.0 Å². The van der Waals surface area contributed by atoms with Crippen LogP contribution < -0.4 is 11.1 Å². The van der Waals surface area contributed by atoms with E-state index in [9.17, 15) is 4.79 Å². The molecular weight excluding hydrogens is 314 g/mol. The van der Waals surface area contributed by atoms with E-state index in [0.717, 1.165) is 41.7 Å². The van der Waals surface area contributed by atoms with Gasteiger partial charge in [-0.2, -0.15) is 0 Å². The molecule has 1 heterocycles. The van der Waals surface area contributed by atoms with Crippen molar-refractivity contribution < 1.29 is 4.79 Å². The first kappa shape index (κ1) is 13.3. The van der Waals surface area contributed by atoms with E-state index < -0.39 is 0 Å². The summed E-state index contributed by atoms with van der Waals surface area (Å²) in [5.41, 5.74) is 7.05. The Hall–Kier alpha value is -1.14. The fourth-order valence-electron chi connectivity index (χ4n) is 1.88. The highest BCUT2D eigenvalue weighted by atomic mass is 79.9. The third-order valence-corrected chi connectivity index (χ3v) is 3.78. The van der Waals surface area contributed by atoms with Crippen LogP contribution in [0.15, 0.2) is 22.7 Å². The quantitative estimate of drug-likeness (QED) is 0.821. The minimum atomic E-state index is -0.0590. The maximum atomic E-state index is 11.9. The molecule has 2 amide bonds. The van der Waals surface area contributed by atoms with Gasteiger partial charge in [-0.05, 0) is 47.0 Å². The summed E-state index contributed by atoms with van der Waals surface area (Å²) in [7, 11) is 0. The number of nitrogens with one attached hydrogen (secondary N) is 1. The highest BCUT2D eigenvalue weighted by Gasteiger charge is 2.18. The SMILES string of the molecule is NC(=S)c1ccc(NC(=O)N2CCCC2)c(Br)c1. The molecule has 1 aliphatic rings. The van der Waals surface area contributed by atoms with Gasteiger partial charge in [-0.1, -0.05) is 12.2 Å². The number of benzene rings is 1. The van der Waals surface area contributed by atoms with Crippen molar-refractivity contribution in [2.75, 3.05) is 18.4 Å². The topological polar surface area (TPSA) is 58.4 Å². The molecule has 96 valence electrons. The van der Waals surface area contributed by atoms with Crippen LogP contribution in [0.5, 0.6) is 0 Å². The number of rotatable bonds is 2. The van der Waals surface area contributed by atoms with Crippen molar-refractivity contribution in [2.24, 2.45) is 5.73 Å². The van der Waals surface area contributed by atoms with Gasteiger partial charge in [0, 0.05) is 23.1 Å². The largest absolute Gasteiger partial charge is 0.389 e. The molecule has 4 nitrogen and oxygen atoms in total. The van der Waals surface area contributed by atoms with Crippen LogP contribution in [0.4, 0.5) is 10.5 Å². The summed E-state index contributed by atoms with van der Waals surface area (Å²) in [6.45, 7) is 1.66. The smallest absolute Gasteiger partial charge is 0.321 e. The lowest BCUT2D eigenvalue weighted by atomic mass is 10.2. The molecule has 0 aromatic heterocycles. The van der Waals surface area contributed by atoms with Crippen LogP contribution in [0.1, 0.15) is 18.4 Å². The lowest BCUT2D eigenvalue weighted by Gasteiger charge is -2.17. The van der Waals surface area contributed by atoms with Crippen molar-refractivity contribution in [1.29, 1.82) is 0 Å². The normalized spacial score (nSPS) is 14.6. The van der Waals surface area contributed by atoms with Gasteiger partial charge in [0.1, 0.15) is 4.99 Å². The van der Waals surface area contributed by atoms with E-state index >= 15 is 0 Å². The summed E-state index contributed by atoms with van der Waals surface area (Å²) in [5.74, 6) is 0. The Kier molecular flexibility index (Phi) is 4.19. The number of nitrogens with zero attached hydrogens (tertiary/aromatic N) is 1. The zero-order chi connectivity index (χ0) is 13.1. The van der Waals surface area contributed by atoms with Crippen molar-refractivity contribution in [3.05, 3.63) is 28.2 Å². The number of amides is 2. The molecule has 0 spiro atoms.